The minimum Gasteiger partial charge on any atom is -0.399 e. The van der Waals surface area contributed by atoms with E-state index < -0.39 is 12.2 Å². The fourth-order valence-corrected chi connectivity index (χ4v) is 1.57. The highest BCUT2D eigenvalue weighted by atomic mass is 19.3. The molecular formula is C12H9F3N2. The number of nitrogens with zero attached hydrogens (tertiary/aromatic N) is 1. The van der Waals surface area contributed by atoms with E-state index in [1.165, 1.54) is 24.4 Å². The van der Waals surface area contributed by atoms with Crippen LogP contribution in [0.3, 0.4) is 0 Å². The van der Waals surface area contributed by atoms with Crippen LogP contribution in [-0.2, 0) is 0 Å². The van der Waals surface area contributed by atoms with Gasteiger partial charge in [-0.25, -0.2) is 13.2 Å². The molecule has 0 radical (unpaired) electrons. The third-order valence-electron chi connectivity index (χ3n) is 2.33. The Morgan fingerprint density at radius 2 is 1.88 bits per heavy atom. The molecule has 5 heteroatoms. The van der Waals surface area contributed by atoms with Crippen LogP contribution in [0, 0.1) is 5.82 Å². The molecule has 0 amide bonds. The zero-order valence-electron chi connectivity index (χ0n) is 8.70. The highest BCUT2D eigenvalue weighted by Crippen LogP contribution is 2.32. The third kappa shape index (κ3) is 2.38. The Hall–Kier alpha value is -2.04. The Morgan fingerprint density at radius 1 is 1.12 bits per heavy atom. The Labute approximate surface area is 95.9 Å². The third-order valence-corrected chi connectivity index (χ3v) is 2.33. The summed E-state index contributed by atoms with van der Waals surface area (Å²) in [5, 5.41) is 0. The molecule has 2 nitrogen and oxygen atoms in total. The molecule has 0 aliphatic heterocycles. The summed E-state index contributed by atoms with van der Waals surface area (Å²) in [6.45, 7) is 0. The number of pyridine rings is 1. The van der Waals surface area contributed by atoms with Crippen LogP contribution >= 0.6 is 0 Å². The predicted molar refractivity (Wildman–Crippen MR) is 59.0 cm³/mol. The summed E-state index contributed by atoms with van der Waals surface area (Å²) in [7, 11) is 0. The zero-order valence-corrected chi connectivity index (χ0v) is 8.70. The molecule has 1 heterocycles. The second-order valence-electron chi connectivity index (χ2n) is 3.54. The Kier molecular flexibility index (Phi) is 2.99. The van der Waals surface area contributed by atoms with Crippen LogP contribution in [0.5, 0.6) is 0 Å². The van der Waals surface area contributed by atoms with Crippen molar-refractivity contribution >= 4 is 5.69 Å². The van der Waals surface area contributed by atoms with Gasteiger partial charge in [0.2, 0.25) is 0 Å². The summed E-state index contributed by atoms with van der Waals surface area (Å²) in [5.74, 6) is -0.579. The van der Waals surface area contributed by atoms with E-state index in [1.54, 1.807) is 0 Å². The SMILES string of the molecule is Nc1ccc(C(F)F)c(-c2cncc(F)c2)c1. The van der Waals surface area contributed by atoms with Crippen molar-refractivity contribution in [2.45, 2.75) is 6.43 Å². The van der Waals surface area contributed by atoms with Crippen molar-refractivity contribution < 1.29 is 13.2 Å². The van der Waals surface area contributed by atoms with Gasteiger partial charge in [-0.3, -0.25) is 4.98 Å². The molecule has 88 valence electrons. The first-order valence-corrected chi connectivity index (χ1v) is 4.86. The second kappa shape index (κ2) is 4.45. The first kappa shape index (κ1) is 11.4. The minimum atomic E-state index is -2.64. The number of aromatic nitrogens is 1. The molecule has 0 aliphatic carbocycles. The van der Waals surface area contributed by atoms with Crippen LogP contribution in [-0.4, -0.2) is 4.98 Å². The summed E-state index contributed by atoms with van der Waals surface area (Å²) in [5.41, 5.74) is 6.18. The number of nitrogen functional groups attached to an aromatic ring is 1. The van der Waals surface area contributed by atoms with Gasteiger partial charge in [0, 0.05) is 23.0 Å². The minimum absolute atomic E-state index is 0.188. The molecule has 0 atom stereocenters. The van der Waals surface area contributed by atoms with E-state index in [2.05, 4.69) is 4.98 Å². The smallest absolute Gasteiger partial charge is 0.264 e. The van der Waals surface area contributed by atoms with E-state index >= 15 is 0 Å². The summed E-state index contributed by atoms with van der Waals surface area (Å²) in [6, 6.07) is 5.16. The number of rotatable bonds is 2. The van der Waals surface area contributed by atoms with Gasteiger partial charge in [-0.1, -0.05) is 6.07 Å². The van der Waals surface area contributed by atoms with Crippen molar-refractivity contribution in [2.24, 2.45) is 0 Å². The van der Waals surface area contributed by atoms with E-state index in [1.807, 2.05) is 0 Å². The van der Waals surface area contributed by atoms with Gasteiger partial charge in [0.15, 0.2) is 0 Å². The molecule has 2 rings (SSSR count). The van der Waals surface area contributed by atoms with Crippen molar-refractivity contribution in [3.8, 4) is 11.1 Å². The van der Waals surface area contributed by atoms with Crippen molar-refractivity contribution in [1.82, 2.24) is 4.98 Å². The van der Waals surface area contributed by atoms with E-state index in [0.29, 0.717) is 5.69 Å². The van der Waals surface area contributed by atoms with Crippen LogP contribution in [0.4, 0.5) is 18.9 Å². The molecule has 2 N–H and O–H groups in total. The molecule has 2 aromatic rings. The van der Waals surface area contributed by atoms with Gasteiger partial charge in [-0.05, 0) is 23.8 Å². The molecule has 0 unspecified atom stereocenters. The van der Waals surface area contributed by atoms with E-state index in [4.69, 9.17) is 5.73 Å². The van der Waals surface area contributed by atoms with E-state index in [9.17, 15) is 13.2 Å². The first-order valence-electron chi connectivity index (χ1n) is 4.86. The topological polar surface area (TPSA) is 38.9 Å². The Balaban J connectivity index is 2.61. The van der Waals surface area contributed by atoms with Crippen LogP contribution in [0.2, 0.25) is 0 Å². The molecule has 1 aromatic heterocycles. The van der Waals surface area contributed by atoms with Gasteiger partial charge < -0.3 is 5.73 Å². The number of benzene rings is 1. The molecule has 0 bridgehead atoms. The van der Waals surface area contributed by atoms with E-state index in [0.717, 1.165) is 12.3 Å². The van der Waals surface area contributed by atoms with Gasteiger partial charge in [0.05, 0.1) is 6.20 Å². The number of anilines is 1. The number of nitrogens with two attached hydrogens (primary N) is 1. The fourth-order valence-electron chi connectivity index (χ4n) is 1.57. The monoisotopic (exact) mass is 238 g/mol. The van der Waals surface area contributed by atoms with Gasteiger partial charge in [-0.2, -0.15) is 0 Å². The number of hydrogen-bond acceptors (Lipinski definition) is 2. The molecule has 1 aromatic carbocycles. The van der Waals surface area contributed by atoms with Crippen LogP contribution < -0.4 is 5.73 Å². The second-order valence-corrected chi connectivity index (χ2v) is 3.54. The lowest BCUT2D eigenvalue weighted by Gasteiger charge is -2.09. The number of alkyl halides is 2. The highest BCUT2D eigenvalue weighted by molar-refractivity contribution is 5.70. The Bertz CT molecular complexity index is 541. The fraction of sp³-hybridized carbons (Fsp3) is 0.0833. The van der Waals surface area contributed by atoms with Gasteiger partial charge in [0.1, 0.15) is 5.82 Å². The Morgan fingerprint density at radius 3 is 2.53 bits per heavy atom. The van der Waals surface area contributed by atoms with Crippen LogP contribution in [0.25, 0.3) is 11.1 Å². The van der Waals surface area contributed by atoms with Crippen LogP contribution in [0.1, 0.15) is 12.0 Å². The molecule has 0 spiro atoms. The van der Waals surface area contributed by atoms with Gasteiger partial charge in [-0.15, -0.1) is 0 Å². The number of halogens is 3. The summed E-state index contributed by atoms with van der Waals surface area (Å²) in [6.07, 6.45) is -0.310. The largest absolute Gasteiger partial charge is 0.399 e. The lowest BCUT2D eigenvalue weighted by molar-refractivity contribution is 0.152. The van der Waals surface area contributed by atoms with Gasteiger partial charge in [0.25, 0.3) is 6.43 Å². The van der Waals surface area contributed by atoms with Gasteiger partial charge >= 0.3 is 0 Å². The lowest BCUT2D eigenvalue weighted by atomic mass is 10.0. The molecular weight excluding hydrogens is 229 g/mol. The molecule has 0 fully saturated rings. The molecule has 17 heavy (non-hydrogen) atoms. The summed E-state index contributed by atoms with van der Waals surface area (Å²) in [4.78, 5) is 3.63. The average Bonchev–Trinajstić information content (AvgIpc) is 2.28. The highest BCUT2D eigenvalue weighted by Gasteiger charge is 2.14. The van der Waals surface area contributed by atoms with E-state index in [-0.39, 0.29) is 16.7 Å². The zero-order chi connectivity index (χ0) is 12.4. The molecule has 0 saturated carbocycles. The van der Waals surface area contributed by atoms with Crippen molar-refractivity contribution in [2.75, 3.05) is 5.73 Å². The van der Waals surface area contributed by atoms with Crippen molar-refractivity contribution in [1.29, 1.82) is 0 Å². The standard InChI is InChI=1S/C12H9F3N2/c13-8-3-7(5-17-6-8)11-4-9(16)1-2-10(11)12(14)15/h1-6,12H,16H2. The average molecular weight is 238 g/mol. The first-order chi connectivity index (χ1) is 8.08. The summed E-state index contributed by atoms with van der Waals surface area (Å²) < 4.78 is 38.6. The molecule has 0 saturated heterocycles. The maximum absolute atomic E-state index is 13.0. The predicted octanol–water partition coefficient (Wildman–Crippen LogP) is 3.41. The van der Waals surface area contributed by atoms with Crippen molar-refractivity contribution in [3.63, 3.8) is 0 Å². The maximum Gasteiger partial charge on any atom is 0.264 e. The van der Waals surface area contributed by atoms with Crippen molar-refractivity contribution in [3.05, 3.63) is 48.0 Å². The molecule has 0 aliphatic rings. The summed E-state index contributed by atoms with van der Waals surface area (Å²) >= 11 is 0. The van der Waals surface area contributed by atoms with Crippen LogP contribution in [0.15, 0.2) is 36.7 Å². The lowest BCUT2D eigenvalue weighted by Crippen LogP contribution is -1.94. The normalized spacial score (nSPS) is 10.8. The maximum atomic E-state index is 13.0. The number of hydrogen-bond donors (Lipinski definition) is 1. The quantitative estimate of drug-likeness (QED) is 0.814.